The van der Waals surface area contributed by atoms with E-state index in [1.807, 2.05) is 0 Å². The van der Waals surface area contributed by atoms with Crippen LogP contribution in [0.15, 0.2) is 66.7 Å². The Morgan fingerprint density at radius 1 is 1.03 bits per heavy atom. The zero-order chi connectivity index (χ0) is 26.5. The van der Waals surface area contributed by atoms with Gasteiger partial charge in [0.1, 0.15) is 12.4 Å². The van der Waals surface area contributed by atoms with E-state index in [2.05, 4.69) is 11.8 Å². The highest BCUT2D eigenvalue weighted by Gasteiger charge is 2.32. The molecule has 3 aromatic carbocycles. The van der Waals surface area contributed by atoms with Gasteiger partial charge in [-0.1, -0.05) is 47.7 Å². The van der Waals surface area contributed by atoms with Gasteiger partial charge in [0.05, 0.1) is 24.2 Å². The molecule has 3 aromatic rings. The highest BCUT2D eigenvalue weighted by molar-refractivity contribution is 6.30. The van der Waals surface area contributed by atoms with Gasteiger partial charge >= 0.3 is 5.97 Å². The standard InChI is InChI=1S/C28H23ClN4O4/c29-22-9-6-20(7-10-22)16-33-24-11-8-19(5-4-18-2-1-3-21(14-18)27(30)31)15-23(24)28(37)32(17-25(33)34)13-12-26(35)36/h1-3,6-11,14-15H,12-13,16-17H2,(H3,30,31)(H,35,36). The van der Waals surface area contributed by atoms with Crippen molar-refractivity contribution in [3.05, 3.63) is 99.6 Å². The highest BCUT2D eigenvalue weighted by Crippen LogP contribution is 2.29. The van der Waals surface area contributed by atoms with Crippen LogP contribution in [0.5, 0.6) is 0 Å². The van der Waals surface area contributed by atoms with Crippen molar-refractivity contribution in [3.63, 3.8) is 0 Å². The molecule has 0 bridgehead atoms. The summed E-state index contributed by atoms with van der Waals surface area (Å²) >= 11 is 5.99. The summed E-state index contributed by atoms with van der Waals surface area (Å²) in [5, 5.41) is 17.3. The number of aliphatic carboxylic acids is 1. The summed E-state index contributed by atoms with van der Waals surface area (Å²) in [5.41, 5.74) is 8.80. The van der Waals surface area contributed by atoms with Crippen molar-refractivity contribution in [1.82, 2.24) is 4.90 Å². The number of carboxylic acid groups (broad SMARTS) is 1. The summed E-state index contributed by atoms with van der Waals surface area (Å²) in [7, 11) is 0. The van der Waals surface area contributed by atoms with E-state index in [0.29, 0.717) is 27.4 Å². The predicted octanol–water partition coefficient (Wildman–Crippen LogP) is 3.49. The average molecular weight is 515 g/mol. The molecule has 37 heavy (non-hydrogen) atoms. The van der Waals surface area contributed by atoms with Gasteiger partial charge in [0.2, 0.25) is 5.91 Å². The molecule has 0 fully saturated rings. The third kappa shape index (κ3) is 6.15. The topological polar surface area (TPSA) is 128 Å². The molecule has 0 radical (unpaired) electrons. The van der Waals surface area contributed by atoms with Crippen molar-refractivity contribution >= 4 is 40.9 Å². The van der Waals surface area contributed by atoms with Gasteiger partial charge < -0.3 is 20.6 Å². The van der Waals surface area contributed by atoms with Gasteiger partial charge in [-0.05, 0) is 48.0 Å². The molecule has 0 saturated heterocycles. The van der Waals surface area contributed by atoms with Crippen LogP contribution in [0.25, 0.3) is 0 Å². The number of amidine groups is 1. The Bertz CT molecular complexity index is 1460. The number of benzene rings is 3. The Morgan fingerprint density at radius 2 is 1.73 bits per heavy atom. The fourth-order valence-electron chi connectivity index (χ4n) is 3.91. The molecular formula is C28H23ClN4O4. The first-order chi connectivity index (χ1) is 17.7. The van der Waals surface area contributed by atoms with Crippen LogP contribution >= 0.6 is 11.6 Å². The zero-order valence-electron chi connectivity index (χ0n) is 19.7. The molecule has 1 aliphatic rings. The second-order valence-electron chi connectivity index (χ2n) is 8.45. The maximum Gasteiger partial charge on any atom is 0.305 e. The minimum atomic E-state index is -1.06. The van der Waals surface area contributed by atoms with Crippen molar-refractivity contribution in [2.45, 2.75) is 13.0 Å². The smallest absolute Gasteiger partial charge is 0.305 e. The number of rotatable bonds is 6. The third-order valence-electron chi connectivity index (χ3n) is 5.81. The zero-order valence-corrected chi connectivity index (χ0v) is 20.5. The number of fused-ring (bicyclic) bond motifs is 1. The van der Waals surface area contributed by atoms with Gasteiger partial charge in [-0.15, -0.1) is 0 Å². The number of hydrogen-bond donors (Lipinski definition) is 3. The van der Waals surface area contributed by atoms with Gasteiger partial charge in [0.15, 0.2) is 0 Å². The summed E-state index contributed by atoms with van der Waals surface area (Å²) in [6, 6.07) is 19.0. The maximum absolute atomic E-state index is 13.4. The molecule has 4 N–H and O–H groups in total. The number of anilines is 1. The highest BCUT2D eigenvalue weighted by atomic mass is 35.5. The molecule has 8 nitrogen and oxygen atoms in total. The molecule has 1 aliphatic heterocycles. The second-order valence-corrected chi connectivity index (χ2v) is 8.89. The number of nitrogens with two attached hydrogens (primary N) is 1. The molecule has 0 spiro atoms. The van der Waals surface area contributed by atoms with E-state index in [0.717, 1.165) is 5.56 Å². The number of carbonyl (C=O) groups excluding carboxylic acids is 2. The first kappa shape index (κ1) is 25.5. The summed E-state index contributed by atoms with van der Waals surface area (Å²) in [5.74, 6) is 4.14. The molecular weight excluding hydrogens is 492 g/mol. The quantitative estimate of drug-likeness (QED) is 0.263. The van der Waals surface area contributed by atoms with Crippen molar-refractivity contribution in [3.8, 4) is 11.8 Å². The van der Waals surface area contributed by atoms with Crippen LogP contribution in [0.2, 0.25) is 5.02 Å². The van der Waals surface area contributed by atoms with E-state index in [4.69, 9.17) is 27.9 Å². The number of carboxylic acids is 1. The lowest BCUT2D eigenvalue weighted by molar-refractivity contribution is -0.137. The van der Waals surface area contributed by atoms with Gasteiger partial charge in [0.25, 0.3) is 5.91 Å². The number of amides is 2. The number of hydrogen-bond acceptors (Lipinski definition) is 4. The van der Waals surface area contributed by atoms with Crippen molar-refractivity contribution in [2.24, 2.45) is 5.73 Å². The van der Waals surface area contributed by atoms with Gasteiger partial charge in [0, 0.05) is 28.3 Å². The van der Waals surface area contributed by atoms with Crippen LogP contribution in [-0.2, 0) is 16.1 Å². The van der Waals surface area contributed by atoms with E-state index in [-0.39, 0.29) is 43.4 Å². The summed E-state index contributed by atoms with van der Waals surface area (Å²) < 4.78 is 0. The first-order valence-electron chi connectivity index (χ1n) is 11.4. The minimum absolute atomic E-state index is 0.0637. The van der Waals surface area contributed by atoms with Gasteiger partial charge in [-0.25, -0.2) is 0 Å². The van der Waals surface area contributed by atoms with E-state index >= 15 is 0 Å². The molecule has 1 heterocycles. The van der Waals surface area contributed by atoms with Crippen molar-refractivity contribution in [1.29, 1.82) is 5.41 Å². The SMILES string of the molecule is N=C(N)c1cccc(C#Cc2ccc3c(c2)C(=O)N(CCC(=O)O)CC(=O)N3Cc2ccc(Cl)cc2)c1. The number of nitrogens with one attached hydrogen (secondary N) is 1. The van der Waals surface area contributed by atoms with Crippen LogP contribution in [-0.4, -0.2) is 46.7 Å². The Morgan fingerprint density at radius 3 is 2.41 bits per heavy atom. The first-order valence-corrected chi connectivity index (χ1v) is 11.8. The number of halogens is 1. The minimum Gasteiger partial charge on any atom is -0.481 e. The third-order valence-corrected chi connectivity index (χ3v) is 6.06. The number of nitrogens with zero attached hydrogens (tertiary/aromatic N) is 2. The van der Waals surface area contributed by atoms with Crippen LogP contribution in [0.3, 0.4) is 0 Å². The van der Waals surface area contributed by atoms with E-state index in [9.17, 15) is 14.4 Å². The monoisotopic (exact) mass is 514 g/mol. The van der Waals surface area contributed by atoms with Crippen LogP contribution < -0.4 is 10.6 Å². The molecule has 186 valence electrons. The lowest BCUT2D eigenvalue weighted by atomic mass is 10.1. The van der Waals surface area contributed by atoms with Crippen LogP contribution in [0.1, 0.15) is 39.0 Å². The van der Waals surface area contributed by atoms with E-state index < -0.39 is 11.9 Å². The van der Waals surface area contributed by atoms with Crippen molar-refractivity contribution in [2.75, 3.05) is 18.0 Å². The molecule has 2 amide bonds. The van der Waals surface area contributed by atoms with Crippen LogP contribution in [0.4, 0.5) is 5.69 Å². The normalized spacial score (nSPS) is 12.9. The summed E-state index contributed by atoms with van der Waals surface area (Å²) in [6.07, 6.45) is -0.280. The van der Waals surface area contributed by atoms with Gasteiger partial charge in [-0.3, -0.25) is 19.8 Å². The maximum atomic E-state index is 13.4. The Labute approximate surface area is 218 Å². The molecule has 0 atom stereocenters. The Balaban J connectivity index is 1.73. The lowest BCUT2D eigenvalue weighted by Crippen LogP contribution is -2.40. The molecule has 0 aliphatic carbocycles. The fraction of sp³-hybridized carbons (Fsp3) is 0.143. The average Bonchev–Trinajstić information content (AvgIpc) is 2.97. The molecule has 0 saturated carbocycles. The molecule has 9 heteroatoms. The van der Waals surface area contributed by atoms with E-state index in [1.165, 1.54) is 9.80 Å². The predicted molar refractivity (Wildman–Crippen MR) is 141 cm³/mol. The number of carbonyl (C=O) groups is 3. The Kier molecular flexibility index (Phi) is 7.56. The molecule has 0 unspecified atom stereocenters. The molecule has 4 rings (SSSR count). The van der Waals surface area contributed by atoms with E-state index in [1.54, 1.807) is 66.7 Å². The second kappa shape index (κ2) is 11.0. The summed E-state index contributed by atoms with van der Waals surface area (Å²) in [4.78, 5) is 40.6. The lowest BCUT2D eigenvalue weighted by Gasteiger charge is -2.23. The molecule has 0 aromatic heterocycles. The Hall–Kier alpha value is -4.61. The van der Waals surface area contributed by atoms with Crippen LogP contribution in [0, 0.1) is 17.3 Å². The van der Waals surface area contributed by atoms with Gasteiger partial charge in [-0.2, -0.15) is 0 Å². The largest absolute Gasteiger partial charge is 0.481 e. The number of nitrogen functional groups attached to an aromatic ring is 1. The van der Waals surface area contributed by atoms with Crippen molar-refractivity contribution < 1.29 is 19.5 Å². The summed E-state index contributed by atoms with van der Waals surface area (Å²) in [6.45, 7) is -0.124. The fourth-order valence-corrected chi connectivity index (χ4v) is 4.04.